The lowest BCUT2D eigenvalue weighted by Crippen LogP contribution is -2.55. The van der Waals surface area contributed by atoms with Gasteiger partial charge in [-0.2, -0.15) is 5.10 Å². The average Bonchev–Trinajstić information content (AvgIpc) is 2.91. The predicted octanol–water partition coefficient (Wildman–Crippen LogP) is 3.07. The van der Waals surface area contributed by atoms with Gasteiger partial charge in [0.1, 0.15) is 0 Å². The molecule has 2 N–H and O–H groups in total. The molecule has 122 valence electrons. The smallest absolute Gasteiger partial charge is 0.272 e. The number of aromatic amines is 1. The summed E-state index contributed by atoms with van der Waals surface area (Å²) in [6, 6.07) is 7.30. The zero-order valence-electron chi connectivity index (χ0n) is 13.2. The van der Waals surface area contributed by atoms with E-state index in [9.17, 15) is 4.79 Å². The molecule has 1 aromatic heterocycles. The van der Waals surface area contributed by atoms with Crippen molar-refractivity contribution < 1.29 is 4.79 Å². The molecule has 0 saturated carbocycles. The number of benzene rings is 1. The SMILES string of the molecule is CN1[C@@H]2CCC[C@H]1CC(NC(=O)c1n[nH]c3cc(Br)ccc13)C2. The second-order valence-corrected chi connectivity index (χ2v) is 7.72. The standard InChI is InChI=1S/C17H21BrN4O/c1-22-12-3-2-4-13(22)9-11(8-12)19-17(23)16-14-6-5-10(18)7-15(14)20-21-16/h5-7,11-13H,2-4,8-9H2,1H3,(H,19,23)(H,20,21)/t11?,12-,13+. The maximum absolute atomic E-state index is 12.7. The molecule has 1 unspecified atom stereocenters. The van der Waals surface area contributed by atoms with Crippen LogP contribution in [0, 0.1) is 0 Å². The van der Waals surface area contributed by atoms with Crippen molar-refractivity contribution in [3.05, 3.63) is 28.4 Å². The lowest BCUT2D eigenvalue weighted by Gasteiger charge is -2.47. The number of rotatable bonds is 2. The molecule has 6 heteroatoms. The van der Waals surface area contributed by atoms with E-state index in [0.29, 0.717) is 17.8 Å². The molecule has 3 atom stereocenters. The number of hydrogen-bond acceptors (Lipinski definition) is 3. The molecular weight excluding hydrogens is 356 g/mol. The van der Waals surface area contributed by atoms with Crippen LogP contribution in [0.3, 0.4) is 0 Å². The van der Waals surface area contributed by atoms with Crippen LogP contribution in [0.2, 0.25) is 0 Å². The molecule has 2 bridgehead atoms. The summed E-state index contributed by atoms with van der Waals surface area (Å²) in [7, 11) is 2.23. The Morgan fingerprint density at radius 2 is 2.09 bits per heavy atom. The Kier molecular flexibility index (Phi) is 3.89. The first-order valence-corrected chi connectivity index (χ1v) is 9.07. The molecule has 3 heterocycles. The van der Waals surface area contributed by atoms with Crippen LogP contribution in [0.25, 0.3) is 10.9 Å². The fourth-order valence-corrected chi connectivity index (χ4v) is 4.51. The number of piperidine rings is 2. The van der Waals surface area contributed by atoms with Gasteiger partial charge in [-0.15, -0.1) is 0 Å². The number of fused-ring (bicyclic) bond motifs is 3. The molecule has 2 aliphatic rings. The summed E-state index contributed by atoms with van der Waals surface area (Å²) >= 11 is 3.44. The Balaban J connectivity index is 1.51. The minimum atomic E-state index is -0.0637. The van der Waals surface area contributed by atoms with Crippen molar-refractivity contribution in [2.24, 2.45) is 0 Å². The van der Waals surface area contributed by atoms with Gasteiger partial charge in [-0.1, -0.05) is 22.4 Å². The summed E-state index contributed by atoms with van der Waals surface area (Å²) < 4.78 is 0.976. The minimum Gasteiger partial charge on any atom is -0.348 e. The lowest BCUT2D eigenvalue weighted by molar-refractivity contribution is 0.0462. The van der Waals surface area contributed by atoms with E-state index in [-0.39, 0.29) is 11.9 Å². The third-order valence-electron chi connectivity index (χ3n) is 5.42. The van der Waals surface area contributed by atoms with Crippen molar-refractivity contribution in [2.45, 2.75) is 50.2 Å². The van der Waals surface area contributed by atoms with Gasteiger partial charge in [-0.3, -0.25) is 9.89 Å². The molecule has 0 spiro atoms. The van der Waals surface area contributed by atoms with Gasteiger partial charge < -0.3 is 10.2 Å². The van der Waals surface area contributed by atoms with Crippen LogP contribution in [-0.4, -0.2) is 46.2 Å². The van der Waals surface area contributed by atoms with Gasteiger partial charge in [-0.05, 0) is 50.9 Å². The van der Waals surface area contributed by atoms with E-state index in [1.54, 1.807) is 0 Å². The van der Waals surface area contributed by atoms with E-state index >= 15 is 0 Å². The van der Waals surface area contributed by atoms with Crippen LogP contribution in [0.5, 0.6) is 0 Å². The highest BCUT2D eigenvalue weighted by molar-refractivity contribution is 9.10. The summed E-state index contributed by atoms with van der Waals surface area (Å²) in [6.45, 7) is 0. The van der Waals surface area contributed by atoms with Crippen LogP contribution in [0.15, 0.2) is 22.7 Å². The van der Waals surface area contributed by atoms with Gasteiger partial charge >= 0.3 is 0 Å². The zero-order valence-corrected chi connectivity index (χ0v) is 14.8. The quantitative estimate of drug-likeness (QED) is 0.846. The summed E-state index contributed by atoms with van der Waals surface area (Å²) in [6.07, 6.45) is 5.91. The molecule has 0 aliphatic carbocycles. The highest BCUT2D eigenvalue weighted by atomic mass is 79.9. The number of carbonyl (C=O) groups excluding carboxylic acids is 1. The van der Waals surface area contributed by atoms with Crippen LogP contribution < -0.4 is 5.32 Å². The molecule has 2 saturated heterocycles. The van der Waals surface area contributed by atoms with E-state index < -0.39 is 0 Å². The third kappa shape index (κ3) is 2.78. The Bertz CT molecular complexity index is 729. The maximum Gasteiger partial charge on any atom is 0.272 e. The molecule has 1 amide bonds. The third-order valence-corrected chi connectivity index (χ3v) is 5.91. The van der Waals surface area contributed by atoms with Gasteiger partial charge in [0.05, 0.1) is 5.52 Å². The number of nitrogens with one attached hydrogen (secondary N) is 2. The molecule has 2 aliphatic heterocycles. The Morgan fingerprint density at radius 1 is 1.35 bits per heavy atom. The van der Waals surface area contributed by atoms with Crippen LogP contribution >= 0.6 is 15.9 Å². The number of H-pyrrole nitrogens is 1. The highest BCUT2D eigenvalue weighted by Crippen LogP contribution is 2.32. The highest BCUT2D eigenvalue weighted by Gasteiger charge is 2.36. The zero-order chi connectivity index (χ0) is 16.0. The maximum atomic E-state index is 12.7. The van der Waals surface area contributed by atoms with Crippen molar-refractivity contribution in [2.75, 3.05) is 7.05 Å². The van der Waals surface area contributed by atoms with Gasteiger partial charge in [0.25, 0.3) is 5.91 Å². The monoisotopic (exact) mass is 376 g/mol. The van der Waals surface area contributed by atoms with Crippen LogP contribution in [-0.2, 0) is 0 Å². The number of aromatic nitrogens is 2. The molecule has 23 heavy (non-hydrogen) atoms. The van der Waals surface area contributed by atoms with Crippen LogP contribution in [0.4, 0.5) is 0 Å². The van der Waals surface area contributed by atoms with E-state index in [1.807, 2.05) is 18.2 Å². The molecule has 2 fully saturated rings. The fourth-order valence-electron chi connectivity index (χ4n) is 4.15. The molecule has 1 aromatic carbocycles. The van der Waals surface area contributed by atoms with E-state index in [4.69, 9.17) is 0 Å². The first-order chi connectivity index (χ1) is 11.1. The lowest BCUT2D eigenvalue weighted by atomic mass is 9.82. The van der Waals surface area contributed by atoms with E-state index in [2.05, 4.69) is 43.4 Å². The second-order valence-electron chi connectivity index (χ2n) is 6.81. The topological polar surface area (TPSA) is 61.0 Å². The van der Waals surface area contributed by atoms with E-state index in [1.165, 1.54) is 19.3 Å². The fraction of sp³-hybridized carbons (Fsp3) is 0.529. The second kappa shape index (κ2) is 5.91. The van der Waals surface area contributed by atoms with Gasteiger partial charge in [0, 0.05) is 28.0 Å². The van der Waals surface area contributed by atoms with Crippen molar-refractivity contribution in [3.63, 3.8) is 0 Å². The van der Waals surface area contributed by atoms with E-state index in [0.717, 1.165) is 28.2 Å². The largest absolute Gasteiger partial charge is 0.348 e. The Hall–Kier alpha value is -1.40. The van der Waals surface area contributed by atoms with Crippen molar-refractivity contribution in [1.29, 1.82) is 0 Å². The van der Waals surface area contributed by atoms with Crippen LogP contribution in [0.1, 0.15) is 42.6 Å². The van der Waals surface area contributed by atoms with Gasteiger partial charge in [0.2, 0.25) is 0 Å². The first kappa shape index (κ1) is 15.1. The number of halogens is 1. The number of carbonyl (C=O) groups is 1. The van der Waals surface area contributed by atoms with Gasteiger partial charge in [-0.25, -0.2) is 0 Å². The summed E-state index contributed by atoms with van der Waals surface area (Å²) in [4.78, 5) is 15.2. The van der Waals surface area contributed by atoms with Crippen molar-refractivity contribution in [1.82, 2.24) is 20.4 Å². The molecule has 2 aromatic rings. The van der Waals surface area contributed by atoms with Crippen molar-refractivity contribution >= 4 is 32.7 Å². The summed E-state index contributed by atoms with van der Waals surface area (Å²) in [5, 5.41) is 11.3. The Labute approximate surface area is 143 Å². The number of nitrogens with zero attached hydrogens (tertiary/aromatic N) is 2. The average molecular weight is 377 g/mol. The summed E-state index contributed by atoms with van der Waals surface area (Å²) in [5.74, 6) is -0.0637. The predicted molar refractivity (Wildman–Crippen MR) is 93.5 cm³/mol. The minimum absolute atomic E-state index is 0.0637. The normalized spacial score (nSPS) is 28.0. The number of amides is 1. The molecular formula is C17H21BrN4O. The van der Waals surface area contributed by atoms with Crippen molar-refractivity contribution in [3.8, 4) is 0 Å². The first-order valence-electron chi connectivity index (χ1n) is 8.28. The summed E-state index contributed by atoms with van der Waals surface area (Å²) in [5.41, 5.74) is 1.38. The van der Waals surface area contributed by atoms with Gasteiger partial charge in [0.15, 0.2) is 5.69 Å². The Morgan fingerprint density at radius 3 is 2.83 bits per heavy atom. The molecule has 5 nitrogen and oxygen atoms in total. The number of hydrogen-bond donors (Lipinski definition) is 2. The molecule has 0 radical (unpaired) electrons. The molecule has 4 rings (SSSR count).